The number of rotatable bonds is 7. The molecule has 1 saturated heterocycles. The van der Waals surface area contributed by atoms with Gasteiger partial charge in [-0.2, -0.15) is 5.10 Å². The van der Waals surface area contributed by atoms with E-state index in [-0.39, 0.29) is 11.1 Å². The van der Waals surface area contributed by atoms with Gasteiger partial charge in [-0.25, -0.2) is 0 Å². The summed E-state index contributed by atoms with van der Waals surface area (Å²) < 4.78 is 1.98. The molecule has 0 spiro atoms. The molecule has 0 radical (unpaired) electrons. The fourth-order valence-electron chi connectivity index (χ4n) is 2.46. The topological polar surface area (TPSA) is 67.2 Å². The van der Waals surface area contributed by atoms with Crippen molar-refractivity contribution in [2.45, 2.75) is 33.7 Å². The molecule has 2 amide bonds. The van der Waals surface area contributed by atoms with E-state index in [9.17, 15) is 9.59 Å². The van der Waals surface area contributed by atoms with Gasteiger partial charge < -0.3 is 10.2 Å². The van der Waals surface area contributed by atoms with E-state index in [0.717, 1.165) is 30.2 Å². The molecule has 0 aromatic carbocycles. The monoisotopic (exact) mass is 324 g/mol. The number of nitrogens with one attached hydrogen (secondary N) is 1. The number of thioether (sulfide) groups is 1. The van der Waals surface area contributed by atoms with Gasteiger partial charge in [0.25, 0.3) is 5.24 Å². The summed E-state index contributed by atoms with van der Waals surface area (Å²) in [6.07, 6.45) is 0.374. The van der Waals surface area contributed by atoms with Crippen LogP contribution in [-0.2, 0) is 11.3 Å². The molecule has 7 heteroatoms. The van der Waals surface area contributed by atoms with E-state index in [1.165, 1.54) is 11.8 Å². The lowest BCUT2D eigenvalue weighted by molar-refractivity contribution is -0.121. The van der Waals surface area contributed by atoms with Crippen LogP contribution in [0, 0.1) is 19.8 Å². The molecule has 1 atom stereocenters. The first-order valence-corrected chi connectivity index (χ1v) is 8.63. The van der Waals surface area contributed by atoms with Gasteiger partial charge in [0.05, 0.1) is 5.69 Å². The third kappa shape index (κ3) is 4.76. The smallest absolute Gasteiger partial charge is 0.281 e. The standard InChI is InChI=1S/C15H24N4O2S/c1-11(10-19-13(3)8-12(2)17-19)9-16-14(20)4-5-18-6-7-22-15(18)21/h8,11H,4-7,9-10H2,1-3H3,(H,16,20)/t11-/m1/s1. The molecular formula is C15H24N4O2S. The van der Waals surface area contributed by atoms with Crippen LogP contribution in [0.15, 0.2) is 6.07 Å². The minimum absolute atomic E-state index is 0.00455. The van der Waals surface area contributed by atoms with Crippen LogP contribution in [0.2, 0.25) is 0 Å². The Morgan fingerprint density at radius 1 is 1.50 bits per heavy atom. The first kappa shape index (κ1) is 16.9. The number of hydrogen-bond acceptors (Lipinski definition) is 4. The molecular weight excluding hydrogens is 300 g/mol. The molecule has 0 aliphatic carbocycles. The second-order valence-electron chi connectivity index (χ2n) is 5.87. The highest BCUT2D eigenvalue weighted by Gasteiger charge is 2.21. The van der Waals surface area contributed by atoms with Crippen LogP contribution >= 0.6 is 11.8 Å². The minimum Gasteiger partial charge on any atom is -0.356 e. The summed E-state index contributed by atoms with van der Waals surface area (Å²) in [4.78, 5) is 25.0. The maximum Gasteiger partial charge on any atom is 0.281 e. The third-order valence-electron chi connectivity index (χ3n) is 3.69. The van der Waals surface area contributed by atoms with Crippen LogP contribution in [-0.4, -0.2) is 51.2 Å². The van der Waals surface area contributed by atoms with Crippen molar-refractivity contribution in [2.24, 2.45) is 5.92 Å². The van der Waals surface area contributed by atoms with Crippen molar-refractivity contribution >= 4 is 22.9 Å². The molecule has 22 heavy (non-hydrogen) atoms. The number of hydrogen-bond donors (Lipinski definition) is 1. The van der Waals surface area contributed by atoms with Gasteiger partial charge in [0.15, 0.2) is 0 Å². The zero-order valence-electron chi connectivity index (χ0n) is 13.5. The number of carbonyl (C=O) groups excluding carboxylic acids is 2. The summed E-state index contributed by atoms with van der Waals surface area (Å²) in [5.74, 6) is 1.15. The zero-order valence-corrected chi connectivity index (χ0v) is 14.3. The summed E-state index contributed by atoms with van der Waals surface area (Å²) in [6, 6.07) is 2.05. The Labute approximate surface area is 135 Å². The predicted octanol–water partition coefficient (Wildman–Crippen LogP) is 1.81. The maximum absolute atomic E-state index is 11.9. The van der Waals surface area contributed by atoms with Crippen LogP contribution < -0.4 is 5.32 Å². The van der Waals surface area contributed by atoms with Gasteiger partial charge >= 0.3 is 0 Å². The Hall–Kier alpha value is -1.50. The minimum atomic E-state index is 0.00455. The lowest BCUT2D eigenvalue weighted by atomic mass is 10.2. The van der Waals surface area contributed by atoms with E-state index in [1.54, 1.807) is 4.90 Å². The van der Waals surface area contributed by atoms with Crippen molar-refractivity contribution in [2.75, 3.05) is 25.4 Å². The second-order valence-corrected chi connectivity index (χ2v) is 6.92. The number of aryl methyl sites for hydroxylation is 2. The largest absolute Gasteiger partial charge is 0.356 e. The number of nitrogens with zero attached hydrogens (tertiary/aromatic N) is 3. The van der Waals surface area contributed by atoms with Crippen LogP contribution in [0.1, 0.15) is 24.7 Å². The quantitative estimate of drug-likeness (QED) is 0.830. The molecule has 6 nitrogen and oxygen atoms in total. The van der Waals surface area contributed by atoms with Crippen molar-refractivity contribution in [3.63, 3.8) is 0 Å². The lowest BCUT2D eigenvalue weighted by Gasteiger charge is -2.16. The van der Waals surface area contributed by atoms with E-state index < -0.39 is 0 Å². The summed E-state index contributed by atoms with van der Waals surface area (Å²) in [5, 5.41) is 7.46. The summed E-state index contributed by atoms with van der Waals surface area (Å²) in [5.41, 5.74) is 2.16. The van der Waals surface area contributed by atoms with Crippen LogP contribution in [0.5, 0.6) is 0 Å². The summed E-state index contributed by atoms with van der Waals surface area (Å²) in [6.45, 7) is 8.80. The van der Waals surface area contributed by atoms with Crippen LogP contribution in [0.3, 0.4) is 0 Å². The van der Waals surface area contributed by atoms with E-state index in [4.69, 9.17) is 0 Å². The third-order valence-corrected chi connectivity index (χ3v) is 4.58. The molecule has 0 unspecified atom stereocenters. The summed E-state index contributed by atoms with van der Waals surface area (Å²) >= 11 is 1.33. The van der Waals surface area contributed by atoms with Gasteiger partial charge in [0.1, 0.15) is 0 Å². The average Bonchev–Trinajstić information content (AvgIpc) is 3.00. The molecule has 1 aliphatic rings. The molecule has 1 aromatic rings. The molecule has 2 heterocycles. The molecule has 1 N–H and O–H groups in total. The normalized spacial score (nSPS) is 16.1. The van der Waals surface area contributed by atoms with Gasteiger partial charge in [-0.1, -0.05) is 18.7 Å². The Morgan fingerprint density at radius 2 is 2.27 bits per heavy atom. The zero-order chi connectivity index (χ0) is 16.1. The highest BCUT2D eigenvalue weighted by atomic mass is 32.2. The number of amides is 2. The average molecular weight is 324 g/mol. The number of aromatic nitrogens is 2. The van der Waals surface area contributed by atoms with Crippen molar-refractivity contribution < 1.29 is 9.59 Å². The second kappa shape index (κ2) is 7.67. The number of carbonyl (C=O) groups is 2. The van der Waals surface area contributed by atoms with Crippen molar-refractivity contribution in [1.82, 2.24) is 20.0 Å². The van der Waals surface area contributed by atoms with E-state index in [2.05, 4.69) is 23.4 Å². The first-order valence-electron chi connectivity index (χ1n) is 7.65. The van der Waals surface area contributed by atoms with Crippen LogP contribution in [0.4, 0.5) is 4.79 Å². The van der Waals surface area contributed by atoms with Gasteiger partial charge in [0, 0.05) is 44.0 Å². The Kier molecular flexibility index (Phi) is 5.88. The lowest BCUT2D eigenvalue weighted by Crippen LogP contribution is -2.34. The summed E-state index contributed by atoms with van der Waals surface area (Å²) in [7, 11) is 0. The SMILES string of the molecule is Cc1cc(C)n(C[C@H](C)CNC(=O)CCN2CCSC2=O)n1. The molecule has 1 aliphatic heterocycles. The van der Waals surface area contributed by atoms with Crippen molar-refractivity contribution in [1.29, 1.82) is 0 Å². The molecule has 122 valence electrons. The Balaban J connectivity index is 1.67. The molecule has 1 fully saturated rings. The molecule has 2 rings (SSSR count). The molecule has 0 saturated carbocycles. The van der Waals surface area contributed by atoms with Crippen molar-refractivity contribution in [3.8, 4) is 0 Å². The van der Waals surface area contributed by atoms with Crippen molar-refractivity contribution in [3.05, 3.63) is 17.5 Å². The fourth-order valence-corrected chi connectivity index (χ4v) is 3.31. The van der Waals surface area contributed by atoms with Gasteiger partial charge in [-0.05, 0) is 25.8 Å². The van der Waals surface area contributed by atoms with Gasteiger partial charge in [-0.15, -0.1) is 0 Å². The first-order chi connectivity index (χ1) is 10.5. The highest BCUT2D eigenvalue weighted by Crippen LogP contribution is 2.16. The van der Waals surface area contributed by atoms with Gasteiger partial charge in [0.2, 0.25) is 5.91 Å². The highest BCUT2D eigenvalue weighted by molar-refractivity contribution is 8.13. The van der Waals surface area contributed by atoms with E-state index >= 15 is 0 Å². The van der Waals surface area contributed by atoms with E-state index in [1.807, 2.05) is 18.5 Å². The molecule has 0 bridgehead atoms. The Bertz CT molecular complexity index is 544. The fraction of sp³-hybridized carbons (Fsp3) is 0.667. The van der Waals surface area contributed by atoms with Gasteiger partial charge in [-0.3, -0.25) is 14.3 Å². The Morgan fingerprint density at radius 3 is 2.86 bits per heavy atom. The maximum atomic E-state index is 11.9. The van der Waals surface area contributed by atoms with Crippen LogP contribution in [0.25, 0.3) is 0 Å². The van der Waals surface area contributed by atoms with E-state index in [0.29, 0.717) is 25.4 Å². The predicted molar refractivity (Wildman–Crippen MR) is 87.9 cm³/mol. The molecule has 1 aromatic heterocycles.